The highest BCUT2D eigenvalue weighted by Crippen LogP contribution is 2.44. The third-order valence-electron chi connectivity index (χ3n) is 5.62. The highest BCUT2D eigenvalue weighted by molar-refractivity contribution is 5.56. The van der Waals surface area contributed by atoms with Crippen LogP contribution in [0.25, 0.3) is 0 Å². The lowest BCUT2D eigenvalue weighted by atomic mass is 9.81. The van der Waals surface area contributed by atoms with Crippen molar-refractivity contribution in [3.05, 3.63) is 81.9 Å². The van der Waals surface area contributed by atoms with Crippen LogP contribution in [0.3, 0.4) is 0 Å². The minimum absolute atomic E-state index is 0.248. The van der Waals surface area contributed by atoms with Crippen LogP contribution in [0.1, 0.15) is 74.9 Å². The summed E-state index contributed by atoms with van der Waals surface area (Å²) in [7, 11) is 0. The van der Waals surface area contributed by atoms with Gasteiger partial charge in [0.2, 0.25) is 0 Å². The zero-order chi connectivity index (χ0) is 26.7. The molecule has 3 aromatic rings. The lowest BCUT2D eigenvalue weighted by Gasteiger charge is -2.29. The number of benzene rings is 3. The molecule has 0 unspecified atom stereocenters. The molecule has 36 heavy (non-hydrogen) atoms. The van der Waals surface area contributed by atoms with Gasteiger partial charge in [-0.25, -0.2) is 0 Å². The topological polar surface area (TPSA) is 114 Å². The predicted octanol–water partition coefficient (Wildman–Crippen LogP) is 7.35. The first kappa shape index (κ1) is 25.8. The molecule has 0 amide bonds. The maximum atomic E-state index is 9.41. The normalized spacial score (nSPS) is 10.9. The van der Waals surface area contributed by atoms with E-state index in [0.717, 1.165) is 11.1 Å². The predicted molar refractivity (Wildman–Crippen MR) is 136 cm³/mol. The molecular formula is C30H26N4O2. The summed E-state index contributed by atoms with van der Waals surface area (Å²) in [6.07, 6.45) is 0. The Bertz CT molecular complexity index is 1380. The van der Waals surface area contributed by atoms with Crippen molar-refractivity contribution in [1.82, 2.24) is 0 Å². The van der Waals surface area contributed by atoms with Crippen molar-refractivity contribution in [3.63, 3.8) is 0 Å². The molecule has 3 aromatic carbocycles. The molecule has 0 bridgehead atoms. The molecule has 0 saturated carbocycles. The molecule has 0 saturated heterocycles. The number of nitriles is 4. The van der Waals surface area contributed by atoms with E-state index >= 15 is 0 Å². The Kier molecular flexibility index (Phi) is 7.06. The first-order valence-electron chi connectivity index (χ1n) is 11.3. The monoisotopic (exact) mass is 474 g/mol. The van der Waals surface area contributed by atoms with Gasteiger partial charge >= 0.3 is 0 Å². The summed E-state index contributed by atoms with van der Waals surface area (Å²) in [5.74, 6) is 2.14. The van der Waals surface area contributed by atoms with Crippen LogP contribution in [-0.2, 0) is 10.8 Å². The Morgan fingerprint density at radius 3 is 1.11 bits per heavy atom. The minimum Gasteiger partial charge on any atom is -0.457 e. The first-order chi connectivity index (χ1) is 16.9. The van der Waals surface area contributed by atoms with Gasteiger partial charge in [0.15, 0.2) is 0 Å². The van der Waals surface area contributed by atoms with Gasteiger partial charge in [0.05, 0.1) is 22.3 Å². The van der Waals surface area contributed by atoms with Crippen molar-refractivity contribution in [2.24, 2.45) is 0 Å². The van der Waals surface area contributed by atoms with Crippen LogP contribution < -0.4 is 9.47 Å². The second-order valence-electron chi connectivity index (χ2n) is 10.4. The second kappa shape index (κ2) is 9.84. The molecule has 0 fully saturated rings. The molecule has 6 nitrogen and oxygen atoms in total. The number of hydrogen-bond acceptors (Lipinski definition) is 6. The average Bonchev–Trinajstić information content (AvgIpc) is 2.83. The van der Waals surface area contributed by atoms with Crippen molar-refractivity contribution < 1.29 is 9.47 Å². The molecule has 0 aliphatic carbocycles. The quantitative estimate of drug-likeness (QED) is 0.390. The van der Waals surface area contributed by atoms with E-state index in [2.05, 4.69) is 41.5 Å². The lowest BCUT2D eigenvalue weighted by molar-refractivity contribution is 0.429. The van der Waals surface area contributed by atoms with E-state index in [-0.39, 0.29) is 22.0 Å². The van der Waals surface area contributed by atoms with Crippen LogP contribution in [0, 0.1) is 45.3 Å². The Morgan fingerprint density at radius 1 is 0.500 bits per heavy atom. The zero-order valence-electron chi connectivity index (χ0n) is 21.2. The van der Waals surface area contributed by atoms with Crippen molar-refractivity contribution in [1.29, 1.82) is 21.0 Å². The van der Waals surface area contributed by atoms with Crippen molar-refractivity contribution in [2.45, 2.75) is 52.4 Å². The summed E-state index contributed by atoms with van der Waals surface area (Å²) < 4.78 is 12.6. The van der Waals surface area contributed by atoms with Gasteiger partial charge in [-0.3, -0.25) is 0 Å². The van der Waals surface area contributed by atoms with Crippen LogP contribution in [-0.4, -0.2) is 0 Å². The minimum atomic E-state index is -0.322. The SMILES string of the molecule is CC(C)(C)c1cc(Oc2ccc(C#N)c(C#N)c2)c(C(C)(C)C)cc1Oc1ccc(C#N)c(C#N)c1. The number of rotatable bonds is 4. The Balaban J connectivity index is 2.17. The smallest absolute Gasteiger partial charge is 0.131 e. The highest BCUT2D eigenvalue weighted by atomic mass is 16.5. The number of ether oxygens (including phenoxy) is 2. The van der Waals surface area contributed by atoms with Gasteiger partial charge in [0, 0.05) is 11.1 Å². The van der Waals surface area contributed by atoms with Gasteiger partial charge in [-0.05, 0) is 59.4 Å². The molecule has 0 aliphatic rings. The molecule has 6 heteroatoms. The van der Waals surface area contributed by atoms with E-state index in [9.17, 15) is 21.0 Å². The molecule has 178 valence electrons. The van der Waals surface area contributed by atoms with Crippen LogP contribution in [0.5, 0.6) is 23.0 Å². The summed E-state index contributed by atoms with van der Waals surface area (Å²) in [6.45, 7) is 12.4. The summed E-state index contributed by atoms with van der Waals surface area (Å²) in [5, 5.41) is 37.3. The third kappa shape index (κ3) is 5.47. The standard InChI is InChI=1S/C30H26N4O2/c1-29(2,3)25-13-28(36-24-10-8-20(16-32)22(12-24)18-34)26(30(4,5)6)14-27(25)35-23-9-7-19(15-31)21(11-23)17-33/h7-14H,1-6H3. The summed E-state index contributed by atoms with van der Waals surface area (Å²) in [5.41, 5.74) is 2.19. The van der Waals surface area contributed by atoms with Gasteiger partial charge in [0.1, 0.15) is 47.3 Å². The molecule has 0 aliphatic heterocycles. The fourth-order valence-corrected chi connectivity index (χ4v) is 3.71. The molecular weight excluding hydrogens is 448 g/mol. The molecule has 0 atom stereocenters. The highest BCUT2D eigenvalue weighted by Gasteiger charge is 2.27. The van der Waals surface area contributed by atoms with E-state index in [0.29, 0.717) is 34.1 Å². The fraction of sp³-hybridized carbons (Fsp3) is 0.267. The third-order valence-corrected chi connectivity index (χ3v) is 5.62. The van der Waals surface area contributed by atoms with Crippen LogP contribution in [0.2, 0.25) is 0 Å². The Labute approximate surface area is 212 Å². The number of hydrogen-bond donors (Lipinski definition) is 0. The maximum Gasteiger partial charge on any atom is 0.131 e. The van der Waals surface area contributed by atoms with Gasteiger partial charge in [-0.15, -0.1) is 0 Å². The largest absolute Gasteiger partial charge is 0.457 e. The van der Waals surface area contributed by atoms with Crippen molar-refractivity contribution in [2.75, 3.05) is 0 Å². The van der Waals surface area contributed by atoms with Crippen molar-refractivity contribution in [3.8, 4) is 47.3 Å². The van der Waals surface area contributed by atoms with Gasteiger partial charge in [-0.2, -0.15) is 21.0 Å². The number of nitrogens with zero attached hydrogens (tertiary/aromatic N) is 4. The van der Waals surface area contributed by atoms with E-state index in [1.54, 1.807) is 36.4 Å². The van der Waals surface area contributed by atoms with Crippen LogP contribution in [0.4, 0.5) is 0 Å². The van der Waals surface area contributed by atoms with E-state index in [4.69, 9.17) is 9.47 Å². The average molecular weight is 475 g/mol. The molecule has 0 aromatic heterocycles. The van der Waals surface area contributed by atoms with E-state index < -0.39 is 0 Å². The lowest BCUT2D eigenvalue weighted by Crippen LogP contribution is -2.17. The maximum absolute atomic E-state index is 9.41. The van der Waals surface area contributed by atoms with Gasteiger partial charge in [0.25, 0.3) is 0 Å². The van der Waals surface area contributed by atoms with Gasteiger partial charge < -0.3 is 9.47 Å². The van der Waals surface area contributed by atoms with Crippen LogP contribution in [0.15, 0.2) is 48.5 Å². The van der Waals surface area contributed by atoms with Crippen LogP contribution >= 0.6 is 0 Å². The van der Waals surface area contributed by atoms with E-state index in [1.807, 2.05) is 36.4 Å². The Hall–Kier alpha value is -4.78. The zero-order valence-corrected chi connectivity index (χ0v) is 21.2. The molecule has 0 heterocycles. The summed E-state index contributed by atoms with van der Waals surface area (Å²) in [6, 6.07) is 21.6. The summed E-state index contributed by atoms with van der Waals surface area (Å²) in [4.78, 5) is 0. The second-order valence-corrected chi connectivity index (χ2v) is 10.4. The fourth-order valence-electron chi connectivity index (χ4n) is 3.71. The Morgan fingerprint density at radius 2 is 0.833 bits per heavy atom. The summed E-state index contributed by atoms with van der Waals surface area (Å²) >= 11 is 0. The molecule has 3 rings (SSSR count). The molecule has 0 spiro atoms. The molecule has 0 N–H and O–H groups in total. The molecule has 0 radical (unpaired) electrons. The van der Waals surface area contributed by atoms with Gasteiger partial charge in [-0.1, -0.05) is 41.5 Å². The van der Waals surface area contributed by atoms with Crippen molar-refractivity contribution >= 4 is 0 Å². The first-order valence-corrected chi connectivity index (χ1v) is 11.3. The van der Waals surface area contributed by atoms with E-state index in [1.165, 1.54) is 0 Å².